The number of sulfonamides is 1. The average molecular weight is 333 g/mol. The van der Waals surface area contributed by atoms with E-state index in [0.717, 1.165) is 6.42 Å². The number of benzene rings is 1. The Morgan fingerprint density at radius 2 is 2.00 bits per heavy atom. The Balaban J connectivity index is 2.66. The minimum absolute atomic E-state index is 0.107. The zero-order chi connectivity index (χ0) is 15.9. The van der Waals surface area contributed by atoms with E-state index >= 15 is 0 Å². The number of halogens is 1. The van der Waals surface area contributed by atoms with Gasteiger partial charge in [-0.05, 0) is 18.6 Å². The van der Waals surface area contributed by atoms with Crippen LogP contribution in [0.1, 0.15) is 26.7 Å². The Hall–Kier alpha value is -1.11. The molecule has 0 aliphatic rings. The van der Waals surface area contributed by atoms with E-state index in [9.17, 15) is 13.2 Å². The quantitative estimate of drug-likeness (QED) is 0.795. The van der Waals surface area contributed by atoms with Crippen molar-refractivity contribution in [2.75, 3.05) is 23.7 Å². The van der Waals surface area contributed by atoms with Gasteiger partial charge in [0.15, 0.2) is 0 Å². The van der Waals surface area contributed by atoms with E-state index in [4.69, 9.17) is 11.6 Å². The molecule has 0 atom stereocenters. The van der Waals surface area contributed by atoms with Gasteiger partial charge in [0.25, 0.3) is 0 Å². The zero-order valence-corrected chi connectivity index (χ0v) is 13.9. The number of nitrogens with one attached hydrogen (secondary N) is 1. The predicted molar refractivity (Wildman–Crippen MR) is 86.2 cm³/mol. The lowest BCUT2D eigenvalue weighted by atomic mass is 10.3. The van der Waals surface area contributed by atoms with Gasteiger partial charge in [0.05, 0.1) is 16.5 Å². The third-order valence-electron chi connectivity index (χ3n) is 2.95. The lowest BCUT2D eigenvalue weighted by molar-refractivity contribution is -0.116. The maximum Gasteiger partial charge on any atom is 0.223 e. The molecule has 0 fully saturated rings. The molecule has 5 nitrogen and oxygen atoms in total. The Kier molecular flexibility index (Phi) is 7.14. The number of para-hydroxylation sites is 1. The highest BCUT2D eigenvalue weighted by molar-refractivity contribution is 7.89. The number of carbonyl (C=O) groups excluding carboxylic acids is 1. The van der Waals surface area contributed by atoms with Crippen molar-refractivity contribution >= 4 is 33.2 Å². The summed E-state index contributed by atoms with van der Waals surface area (Å²) in [5, 5.41) is 0.460. The maximum absolute atomic E-state index is 11.7. The summed E-state index contributed by atoms with van der Waals surface area (Å²) in [6.07, 6.45) is 1.44. The number of rotatable bonds is 8. The first-order valence-corrected chi connectivity index (χ1v) is 8.90. The molecule has 0 saturated heterocycles. The zero-order valence-electron chi connectivity index (χ0n) is 12.3. The van der Waals surface area contributed by atoms with Gasteiger partial charge in [0.1, 0.15) is 0 Å². The molecule has 1 aromatic carbocycles. The molecule has 0 radical (unpaired) electrons. The van der Waals surface area contributed by atoms with Crippen molar-refractivity contribution in [3.05, 3.63) is 29.3 Å². The fourth-order valence-corrected chi connectivity index (χ4v) is 3.29. The molecule has 1 amide bonds. The summed E-state index contributed by atoms with van der Waals surface area (Å²) >= 11 is 6.07. The third kappa shape index (κ3) is 6.03. The van der Waals surface area contributed by atoms with Gasteiger partial charge in [0.2, 0.25) is 15.9 Å². The van der Waals surface area contributed by atoms with Crippen LogP contribution < -0.4 is 9.62 Å². The molecule has 1 N–H and O–H groups in total. The molecule has 0 aliphatic heterocycles. The number of hydrogen-bond donors (Lipinski definition) is 1. The molecule has 1 rings (SSSR count). The van der Waals surface area contributed by atoms with E-state index in [-0.39, 0.29) is 24.7 Å². The second-order valence-electron chi connectivity index (χ2n) is 4.69. The minimum Gasteiger partial charge on any atom is -0.310 e. The standard InChI is InChI=1S/C14H21ClN2O3S/c1-3-4-11-21(19,20)16-9-10-17(12(2)18)14-8-6-5-7-13(14)15/h5-8,16H,3-4,9-11H2,1-2H3. The molecule has 0 aromatic heterocycles. The number of amides is 1. The van der Waals surface area contributed by atoms with E-state index in [1.807, 2.05) is 6.92 Å². The Bertz CT molecular complexity index is 575. The molecule has 0 aliphatic carbocycles. The van der Waals surface area contributed by atoms with Gasteiger partial charge < -0.3 is 4.90 Å². The first-order chi connectivity index (χ1) is 9.87. The van der Waals surface area contributed by atoms with Crippen LogP contribution in [0.15, 0.2) is 24.3 Å². The van der Waals surface area contributed by atoms with Crippen molar-refractivity contribution in [3.8, 4) is 0 Å². The van der Waals surface area contributed by atoms with Gasteiger partial charge in [-0.2, -0.15) is 0 Å². The lowest BCUT2D eigenvalue weighted by Crippen LogP contribution is -2.38. The third-order valence-corrected chi connectivity index (χ3v) is 4.74. The number of hydrogen-bond acceptors (Lipinski definition) is 3. The minimum atomic E-state index is -3.28. The molecule has 7 heteroatoms. The van der Waals surface area contributed by atoms with Crippen LogP contribution in [0.2, 0.25) is 5.02 Å². The van der Waals surface area contributed by atoms with Gasteiger partial charge in [-0.15, -0.1) is 0 Å². The summed E-state index contributed by atoms with van der Waals surface area (Å²) in [5.74, 6) is -0.0776. The second-order valence-corrected chi connectivity index (χ2v) is 7.02. The maximum atomic E-state index is 11.7. The molecule has 0 unspecified atom stereocenters. The molecule has 0 saturated carbocycles. The van der Waals surface area contributed by atoms with Crippen molar-refractivity contribution in [2.24, 2.45) is 0 Å². The second kappa shape index (κ2) is 8.36. The molecular formula is C14H21ClN2O3S. The van der Waals surface area contributed by atoms with Gasteiger partial charge in [-0.25, -0.2) is 13.1 Å². The van der Waals surface area contributed by atoms with Crippen LogP contribution in [-0.2, 0) is 14.8 Å². The summed E-state index contributed by atoms with van der Waals surface area (Å²) in [6.45, 7) is 3.76. The normalized spacial score (nSPS) is 11.4. The molecule has 1 aromatic rings. The molecule has 118 valence electrons. The van der Waals surface area contributed by atoms with Crippen LogP contribution in [0.3, 0.4) is 0 Å². The van der Waals surface area contributed by atoms with Crippen molar-refractivity contribution in [1.82, 2.24) is 4.72 Å². The van der Waals surface area contributed by atoms with Crippen molar-refractivity contribution in [1.29, 1.82) is 0 Å². The van der Waals surface area contributed by atoms with Crippen LogP contribution in [0, 0.1) is 0 Å². The highest BCUT2D eigenvalue weighted by Gasteiger charge is 2.15. The number of carbonyl (C=O) groups is 1. The van der Waals surface area contributed by atoms with Crippen LogP contribution >= 0.6 is 11.6 Å². The van der Waals surface area contributed by atoms with E-state index in [0.29, 0.717) is 17.1 Å². The van der Waals surface area contributed by atoms with Crippen LogP contribution in [-0.4, -0.2) is 33.2 Å². The van der Waals surface area contributed by atoms with E-state index in [2.05, 4.69) is 4.72 Å². The largest absolute Gasteiger partial charge is 0.310 e. The summed E-state index contributed by atoms with van der Waals surface area (Å²) in [4.78, 5) is 13.2. The highest BCUT2D eigenvalue weighted by Crippen LogP contribution is 2.24. The molecule has 0 spiro atoms. The van der Waals surface area contributed by atoms with Crippen LogP contribution in [0.5, 0.6) is 0 Å². The SMILES string of the molecule is CCCCS(=O)(=O)NCCN(C(C)=O)c1ccccc1Cl. The first-order valence-electron chi connectivity index (χ1n) is 6.87. The predicted octanol–water partition coefficient (Wildman–Crippen LogP) is 2.41. The average Bonchev–Trinajstić information content (AvgIpc) is 2.42. The van der Waals surface area contributed by atoms with E-state index in [1.54, 1.807) is 24.3 Å². The summed E-state index contributed by atoms with van der Waals surface area (Å²) in [6, 6.07) is 6.98. The first kappa shape index (κ1) is 17.9. The van der Waals surface area contributed by atoms with Crippen LogP contribution in [0.25, 0.3) is 0 Å². The fraction of sp³-hybridized carbons (Fsp3) is 0.500. The molecular weight excluding hydrogens is 312 g/mol. The van der Waals surface area contributed by atoms with Crippen molar-refractivity contribution < 1.29 is 13.2 Å². The fourth-order valence-electron chi connectivity index (χ4n) is 1.84. The topological polar surface area (TPSA) is 66.5 Å². The summed E-state index contributed by atoms with van der Waals surface area (Å²) in [7, 11) is -3.28. The van der Waals surface area contributed by atoms with Crippen LogP contribution in [0.4, 0.5) is 5.69 Å². The smallest absolute Gasteiger partial charge is 0.223 e. The molecule has 21 heavy (non-hydrogen) atoms. The summed E-state index contributed by atoms with van der Waals surface area (Å²) < 4.78 is 25.9. The van der Waals surface area contributed by atoms with E-state index in [1.165, 1.54) is 11.8 Å². The highest BCUT2D eigenvalue weighted by atomic mass is 35.5. The number of anilines is 1. The Labute approximate surface area is 131 Å². The Morgan fingerprint density at radius 3 is 2.57 bits per heavy atom. The number of nitrogens with zero attached hydrogens (tertiary/aromatic N) is 1. The lowest BCUT2D eigenvalue weighted by Gasteiger charge is -2.22. The van der Waals surface area contributed by atoms with Gasteiger partial charge >= 0.3 is 0 Å². The monoisotopic (exact) mass is 332 g/mol. The summed E-state index contributed by atoms with van der Waals surface area (Å²) in [5.41, 5.74) is 0.583. The Morgan fingerprint density at radius 1 is 1.33 bits per heavy atom. The van der Waals surface area contributed by atoms with Crippen molar-refractivity contribution in [3.63, 3.8) is 0 Å². The molecule has 0 bridgehead atoms. The number of unbranched alkanes of at least 4 members (excludes halogenated alkanes) is 1. The van der Waals surface area contributed by atoms with Gasteiger partial charge in [-0.3, -0.25) is 4.79 Å². The molecule has 0 heterocycles. The van der Waals surface area contributed by atoms with Crippen molar-refractivity contribution in [2.45, 2.75) is 26.7 Å². The van der Waals surface area contributed by atoms with Gasteiger partial charge in [-0.1, -0.05) is 37.1 Å². The van der Waals surface area contributed by atoms with Gasteiger partial charge in [0, 0.05) is 20.0 Å². The van der Waals surface area contributed by atoms with E-state index < -0.39 is 10.0 Å².